The minimum absolute atomic E-state index is 0.0736. The number of carbonyl (C=O) groups excluding carboxylic acids is 2. The molecule has 16 heteroatoms. The normalized spacial score (nSPS) is 13.2. The largest absolute Gasteiger partial charge is 0.502 e. The molecule has 0 aliphatic carbocycles. The Morgan fingerprint density at radius 3 is 2.39 bits per heavy atom. The molecule has 0 spiro atoms. The number of hydrogen-bond donors (Lipinski definition) is 3. The Kier molecular flexibility index (Phi) is 10.3. The average Bonchev–Trinajstić information content (AvgIpc) is 2.86. The van der Waals surface area contributed by atoms with Gasteiger partial charge in [0.25, 0.3) is 5.69 Å². The predicted molar refractivity (Wildman–Crippen MR) is 122 cm³/mol. The van der Waals surface area contributed by atoms with Gasteiger partial charge in [0.1, 0.15) is 12.6 Å². The maximum Gasteiger partial charge on any atom is 0.408 e. The van der Waals surface area contributed by atoms with Crippen molar-refractivity contribution in [2.75, 3.05) is 13.7 Å². The molecule has 3 N–H and O–H groups in total. The first-order valence-corrected chi connectivity index (χ1v) is 11.5. The Bertz CT molecular complexity index is 1140. The van der Waals surface area contributed by atoms with E-state index < -0.39 is 71.1 Å². The number of amides is 1. The summed E-state index contributed by atoms with van der Waals surface area (Å²) in [6.07, 6.45) is -1.23. The molecule has 36 heavy (non-hydrogen) atoms. The highest BCUT2D eigenvalue weighted by molar-refractivity contribution is 7.39. The van der Waals surface area contributed by atoms with Crippen molar-refractivity contribution in [1.29, 1.82) is 0 Å². The zero-order valence-electron chi connectivity index (χ0n) is 18.7. The fraction of sp³-hybridized carbons (Fsp3) is 0.300. The van der Waals surface area contributed by atoms with E-state index in [0.717, 1.165) is 7.11 Å². The SMILES string of the molecule is COC(=O)[C@H](CCO[PH](=O)C(O)c1cc([N+](=O)[O-])cc([N+](=O)[O-])c1O)NC(=O)OCc1ccccc1. The number of phenols is 1. The van der Waals surface area contributed by atoms with Gasteiger partial charge in [0.05, 0.1) is 29.6 Å². The molecule has 2 rings (SSSR count). The van der Waals surface area contributed by atoms with Gasteiger partial charge in [-0.05, 0) is 5.56 Å². The number of nitrogens with zero attached hydrogens (tertiary/aromatic N) is 2. The number of aliphatic hydroxyl groups is 1. The molecule has 0 aromatic heterocycles. The quantitative estimate of drug-likeness (QED) is 0.157. The van der Waals surface area contributed by atoms with Gasteiger partial charge in [0, 0.05) is 18.1 Å². The number of hydrogen-bond acceptors (Lipinski definition) is 12. The maximum atomic E-state index is 12.4. The van der Waals surface area contributed by atoms with Crippen molar-refractivity contribution in [3.05, 3.63) is 73.8 Å². The van der Waals surface area contributed by atoms with E-state index in [9.17, 15) is 44.6 Å². The Balaban J connectivity index is 2.01. The van der Waals surface area contributed by atoms with Gasteiger partial charge < -0.3 is 29.5 Å². The molecule has 0 radical (unpaired) electrons. The minimum atomic E-state index is -3.52. The van der Waals surface area contributed by atoms with E-state index in [4.69, 9.17) is 9.26 Å². The fourth-order valence-electron chi connectivity index (χ4n) is 2.86. The number of phenolic OH excluding ortho intramolecular Hbond substituents is 1. The van der Waals surface area contributed by atoms with Crippen molar-refractivity contribution >= 4 is 31.5 Å². The van der Waals surface area contributed by atoms with E-state index in [1.807, 2.05) is 0 Å². The summed E-state index contributed by atoms with van der Waals surface area (Å²) in [5, 5.41) is 44.6. The third kappa shape index (κ3) is 7.73. The van der Waals surface area contributed by atoms with Crippen LogP contribution >= 0.6 is 8.03 Å². The van der Waals surface area contributed by atoms with Gasteiger partial charge in [0.15, 0.2) is 5.85 Å². The molecule has 0 heterocycles. The monoisotopic (exact) mass is 527 g/mol. The van der Waals surface area contributed by atoms with Crippen LogP contribution in [0.15, 0.2) is 42.5 Å². The molecule has 0 aliphatic rings. The van der Waals surface area contributed by atoms with Gasteiger partial charge in [0.2, 0.25) is 13.8 Å². The minimum Gasteiger partial charge on any atom is -0.502 e. The van der Waals surface area contributed by atoms with Crippen molar-refractivity contribution in [2.24, 2.45) is 0 Å². The molecule has 2 aromatic carbocycles. The lowest BCUT2D eigenvalue weighted by Gasteiger charge is -2.17. The first kappa shape index (κ1) is 28.2. The van der Waals surface area contributed by atoms with Crippen LogP contribution in [0.25, 0.3) is 0 Å². The van der Waals surface area contributed by atoms with Crippen molar-refractivity contribution in [1.82, 2.24) is 5.32 Å². The number of benzene rings is 2. The summed E-state index contributed by atoms with van der Waals surface area (Å²) in [5.41, 5.74) is -1.95. The molecule has 3 atom stereocenters. The lowest BCUT2D eigenvalue weighted by Crippen LogP contribution is -2.42. The smallest absolute Gasteiger partial charge is 0.408 e. The van der Waals surface area contributed by atoms with E-state index in [2.05, 4.69) is 10.1 Å². The van der Waals surface area contributed by atoms with Crippen LogP contribution in [0.4, 0.5) is 16.2 Å². The summed E-state index contributed by atoms with van der Waals surface area (Å²) in [6.45, 7) is -0.554. The van der Waals surface area contributed by atoms with Crippen LogP contribution in [0, 0.1) is 20.2 Å². The fourth-order valence-corrected chi connectivity index (χ4v) is 3.81. The Morgan fingerprint density at radius 2 is 1.81 bits per heavy atom. The number of non-ortho nitro benzene ring substituents is 1. The summed E-state index contributed by atoms with van der Waals surface area (Å²) < 4.78 is 27.0. The number of methoxy groups -OCH3 is 1. The predicted octanol–water partition coefficient (Wildman–Crippen LogP) is 2.55. The lowest BCUT2D eigenvalue weighted by atomic mass is 10.1. The first-order valence-electron chi connectivity index (χ1n) is 10.1. The molecular weight excluding hydrogens is 505 g/mol. The molecule has 2 aromatic rings. The summed E-state index contributed by atoms with van der Waals surface area (Å²) in [6, 6.07) is 8.53. The van der Waals surface area contributed by atoms with Gasteiger partial charge in [-0.1, -0.05) is 30.3 Å². The molecule has 0 saturated carbocycles. The second-order valence-corrected chi connectivity index (χ2v) is 8.53. The first-order chi connectivity index (χ1) is 17.0. The third-order valence-corrected chi connectivity index (χ3v) is 5.92. The number of carbonyl (C=O) groups is 2. The van der Waals surface area contributed by atoms with Crippen LogP contribution in [0.5, 0.6) is 5.75 Å². The van der Waals surface area contributed by atoms with E-state index >= 15 is 0 Å². The highest BCUT2D eigenvalue weighted by Crippen LogP contribution is 2.47. The second-order valence-electron chi connectivity index (χ2n) is 7.06. The molecule has 15 nitrogen and oxygen atoms in total. The molecule has 0 saturated heterocycles. The van der Waals surface area contributed by atoms with Crippen LogP contribution in [-0.2, 0) is 30.0 Å². The highest BCUT2D eigenvalue weighted by Gasteiger charge is 2.30. The van der Waals surface area contributed by atoms with Crippen LogP contribution < -0.4 is 5.32 Å². The van der Waals surface area contributed by atoms with Crippen molar-refractivity contribution in [3.8, 4) is 5.75 Å². The molecule has 0 aliphatic heterocycles. The Hall–Kier alpha value is -4.07. The zero-order valence-corrected chi connectivity index (χ0v) is 19.7. The van der Waals surface area contributed by atoms with E-state index in [1.165, 1.54) is 0 Å². The topological polar surface area (TPSA) is 218 Å². The van der Waals surface area contributed by atoms with Gasteiger partial charge in [-0.25, -0.2) is 9.59 Å². The number of nitro benzene ring substituents is 2. The van der Waals surface area contributed by atoms with E-state index in [-0.39, 0.29) is 13.0 Å². The number of aliphatic hydroxyl groups excluding tert-OH is 1. The van der Waals surface area contributed by atoms with Crippen LogP contribution in [0.2, 0.25) is 0 Å². The van der Waals surface area contributed by atoms with Crippen molar-refractivity contribution in [3.63, 3.8) is 0 Å². The Morgan fingerprint density at radius 1 is 1.14 bits per heavy atom. The number of nitrogens with one attached hydrogen (secondary N) is 1. The van der Waals surface area contributed by atoms with Crippen LogP contribution in [0.1, 0.15) is 23.4 Å². The zero-order chi connectivity index (χ0) is 26.8. The van der Waals surface area contributed by atoms with Crippen molar-refractivity contribution in [2.45, 2.75) is 24.9 Å². The van der Waals surface area contributed by atoms with Gasteiger partial charge in [-0.3, -0.25) is 24.8 Å². The van der Waals surface area contributed by atoms with Gasteiger partial charge >= 0.3 is 17.7 Å². The number of alkyl carbamates (subject to hydrolysis) is 1. The molecule has 0 bridgehead atoms. The molecule has 2 unspecified atom stereocenters. The summed E-state index contributed by atoms with van der Waals surface area (Å²) in [7, 11) is -2.46. The standard InChI is InChI=1S/C20H22N3O12P/c1-33-18(25)15(21-20(27)34-11-12-5-3-2-4-6-12)7-8-35-36(32)19(26)14-9-13(22(28)29)10-16(17(14)24)23(30)31/h2-6,9-10,15,19,24,26,36H,7-8,11H2,1H3,(H,21,27)/t15-,19?/m0/s1. The number of ether oxygens (including phenoxy) is 2. The van der Waals surface area contributed by atoms with Gasteiger partial charge in [-0.2, -0.15) is 0 Å². The lowest BCUT2D eigenvalue weighted by molar-refractivity contribution is -0.394. The Labute approximate surface area is 203 Å². The summed E-state index contributed by atoms with van der Waals surface area (Å²) in [5.74, 6) is -4.13. The van der Waals surface area contributed by atoms with Crippen LogP contribution in [0.3, 0.4) is 0 Å². The maximum absolute atomic E-state index is 12.4. The second kappa shape index (κ2) is 13.1. The van der Waals surface area contributed by atoms with E-state index in [1.54, 1.807) is 30.3 Å². The summed E-state index contributed by atoms with van der Waals surface area (Å²) in [4.78, 5) is 44.0. The number of esters is 1. The molecule has 194 valence electrons. The highest BCUT2D eigenvalue weighted by atomic mass is 31.1. The number of aromatic hydroxyl groups is 1. The number of rotatable bonds is 12. The summed E-state index contributed by atoms with van der Waals surface area (Å²) >= 11 is 0. The van der Waals surface area contributed by atoms with Gasteiger partial charge in [-0.15, -0.1) is 0 Å². The third-order valence-electron chi connectivity index (χ3n) is 4.67. The van der Waals surface area contributed by atoms with Crippen molar-refractivity contribution < 1.29 is 48.2 Å². The molecule has 0 fully saturated rings. The average molecular weight is 527 g/mol. The molecular formula is C20H22N3O12P. The molecule has 1 amide bonds. The van der Waals surface area contributed by atoms with Crippen LogP contribution in [-0.4, -0.2) is 51.9 Å². The number of nitro groups is 2. The van der Waals surface area contributed by atoms with E-state index in [0.29, 0.717) is 17.7 Å².